The number of carbonyl (C=O) groups excluding carboxylic acids is 3. The molecule has 4 aromatic carbocycles. The highest BCUT2D eigenvalue weighted by Crippen LogP contribution is 2.47. The largest absolute Gasteiger partial charge is 0.508 e. The Morgan fingerprint density at radius 1 is 0.875 bits per heavy atom. The van der Waals surface area contributed by atoms with Crippen molar-refractivity contribution in [1.82, 2.24) is 20.0 Å². The molecule has 0 bridgehead atoms. The van der Waals surface area contributed by atoms with Crippen molar-refractivity contribution in [1.29, 1.82) is 0 Å². The number of hydrogen-bond acceptors (Lipinski definition) is 9. The molecule has 1 atom stereocenters. The van der Waals surface area contributed by atoms with E-state index in [1.165, 1.54) is 12.0 Å². The number of rotatable bonds is 13. The number of imide groups is 1. The number of nitrogens with one attached hydrogen (secondary N) is 2. The van der Waals surface area contributed by atoms with Crippen LogP contribution in [-0.4, -0.2) is 89.4 Å². The van der Waals surface area contributed by atoms with Gasteiger partial charge < -0.3 is 29.9 Å². The van der Waals surface area contributed by atoms with Gasteiger partial charge in [0.2, 0.25) is 11.8 Å². The van der Waals surface area contributed by atoms with Gasteiger partial charge >= 0.3 is 0 Å². The number of fused-ring (bicyclic) bond motifs is 2. The van der Waals surface area contributed by atoms with E-state index in [1.807, 2.05) is 36.4 Å². The Kier molecular flexibility index (Phi) is 11.7. The van der Waals surface area contributed by atoms with E-state index in [0.717, 1.165) is 113 Å². The van der Waals surface area contributed by atoms with Crippen molar-refractivity contribution in [2.24, 2.45) is 0 Å². The molecule has 5 aromatic rings. The van der Waals surface area contributed by atoms with Crippen LogP contribution in [0.5, 0.6) is 17.2 Å². The molecule has 0 radical (unpaired) electrons. The number of piperidine rings is 1. The fourth-order valence-electron chi connectivity index (χ4n) is 7.99. The van der Waals surface area contributed by atoms with Crippen LogP contribution in [0, 0.1) is 0 Å². The van der Waals surface area contributed by atoms with Gasteiger partial charge in [0, 0.05) is 58.4 Å². The maximum atomic E-state index is 13.0. The number of nitrogens with zero attached hydrogens (tertiary/aromatic N) is 3. The van der Waals surface area contributed by atoms with Crippen molar-refractivity contribution in [3.63, 3.8) is 0 Å². The van der Waals surface area contributed by atoms with Crippen molar-refractivity contribution < 1.29 is 24.2 Å². The van der Waals surface area contributed by atoms with E-state index in [4.69, 9.17) is 4.74 Å². The second-order valence-electron chi connectivity index (χ2n) is 14.9. The summed E-state index contributed by atoms with van der Waals surface area (Å²) in [6, 6.07) is 27.3. The van der Waals surface area contributed by atoms with Crippen molar-refractivity contribution in [2.75, 3.05) is 51.1 Å². The molecule has 56 heavy (non-hydrogen) atoms. The molecular formula is C44H46BrN5O5S. The molecule has 1 unspecified atom stereocenters. The van der Waals surface area contributed by atoms with E-state index in [9.17, 15) is 19.5 Å². The van der Waals surface area contributed by atoms with E-state index in [0.29, 0.717) is 18.5 Å². The molecule has 3 aliphatic heterocycles. The quantitative estimate of drug-likeness (QED) is 0.0808. The molecule has 8 rings (SSSR count). The lowest BCUT2D eigenvalue weighted by Gasteiger charge is -2.29. The molecule has 0 spiro atoms. The Bertz CT molecular complexity index is 2230. The van der Waals surface area contributed by atoms with Gasteiger partial charge in [-0.15, -0.1) is 11.3 Å². The number of benzene rings is 4. The fraction of sp³-hybridized carbons (Fsp3) is 0.341. The summed E-state index contributed by atoms with van der Waals surface area (Å²) in [4.78, 5) is 44.7. The number of hydrogen-bond donors (Lipinski definition) is 3. The lowest BCUT2D eigenvalue weighted by molar-refractivity contribution is -0.136. The third-order valence-corrected chi connectivity index (χ3v) is 12.7. The topological polar surface area (TPSA) is 114 Å². The predicted molar refractivity (Wildman–Crippen MR) is 225 cm³/mol. The highest BCUT2D eigenvalue weighted by Gasteiger charge is 2.39. The molecule has 290 valence electrons. The van der Waals surface area contributed by atoms with E-state index >= 15 is 0 Å². The van der Waals surface area contributed by atoms with Gasteiger partial charge in [-0.05, 0) is 136 Å². The minimum absolute atomic E-state index is 0.143. The molecule has 3 amide bonds. The Morgan fingerprint density at radius 3 is 2.41 bits per heavy atom. The first-order valence-corrected chi connectivity index (χ1v) is 21.1. The monoisotopic (exact) mass is 835 g/mol. The molecule has 1 aromatic heterocycles. The van der Waals surface area contributed by atoms with Gasteiger partial charge in [0.05, 0.1) is 4.88 Å². The van der Waals surface area contributed by atoms with Gasteiger partial charge in [-0.3, -0.25) is 19.7 Å². The summed E-state index contributed by atoms with van der Waals surface area (Å²) in [5.74, 6) is 1.05. The summed E-state index contributed by atoms with van der Waals surface area (Å²) in [5.41, 5.74) is 4.91. The molecule has 3 N–H and O–H groups in total. The van der Waals surface area contributed by atoms with Crippen LogP contribution in [0.2, 0.25) is 0 Å². The van der Waals surface area contributed by atoms with Gasteiger partial charge in [0.15, 0.2) is 5.75 Å². The normalized spacial score (nSPS) is 17.9. The molecule has 2 saturated heterocycles. The second-order valence-corrected chi connectivity index (χ2v) is 16.9. The smallest absolute Gasteiger partial charge is 0.255 e. The van der Waals surface area contributed by atoms with E-state index in [-0.39, 0.29) is 29.9 Å². The summed E-state index contributed by atoms with van der Waals surface area (Å²) in [6.45, 7) is 7.73. The average molecular weight is 837 g/mol. The molecule has 0 saturated carbocycles. The van der Waals surface area contributed by atoms with Crippen molar-refractivity contribution in [3.05, 3.63) is 106 Å². The summed E-state index contributed by atoms with van der Waals surface area (Å²) < 4.78 is 8.55. The summed E-state index contributed by atoms with van der Waals surface area (Å²) >= 11 is 5.16. The Hall–Kier alpha value is -4.75. The zero-order valence-electron chi connectivity index (χ0n) is 31.3. The Balaban J connectivity index is 0.763. The summed E-state index contributed by atoms with van der Waals surface area (Å²) in [7, 11) is 0. The molecule has 0 aliphatic carbocycles. The van der Waals surface area contributed by atoms with Gasteiger partial charge in [-0.25, -0.2) is 0 Å². The number of aryl methyl sites for hydroxylation is 1. The predicted octanol–water partition coefficient (Wildman–Crippen LogP) is 8.03. The first-order chi connectivity index (χ1) is 27.3. The average Bonchev–Trinajstić information content (AvgIpc) is 3.60. The second kappa shape index (κ2) is 17.2. The number of halogens is 1. The number of anilines is 1. The van der Waals surface area contributed by atoms with Crippen LogP contribution < -0.4 is 15.4 Å². The van der Waals surface area contributed by atoms with Gasteiger partial charge in [0.1, 0.15) is 17.5 Å². The Labute approximate surface area is 339 Å². The molecular weight excluding hydrogens is 790 g/mol. The van der Waals surface area contributed by atoms with E-state index in [1.54, 1.807) is 28.4 Å². The molecule has 12 heteroatoms. The van der Waals surface area contributed by atoms with Gasteiger partial charge in [-0.2, -0.15) is 0 Å². The minimum Gasteiger partial charge on any atom is -0.508 e. The minimum atomic E-state index is -0.595. The van der Waals surface area contributed by atoms with Crippen molar-refractivity contribution in [3.8, 4) is 27.7 Å². The number of thiophene rings is 1. The molecule has 3 aliphatic rings. The third kappa shape index (κ3) is 8.78. The summed E-state index contributed by atoms with van der Waals surface area (Å²) in [6.07, 6.45) is 4.94. The van der Waals surface area contributed by atoms with Crippen LogP contribution in [-0.2, 0) is 22.6 Å². The van der Waals surface area contributed by atoms with E-state index in [2.05, 4.69) is 72.8 Å². The van der Waals surface area contributed by atoms with Crippen LogP contribution in [0.15, 0.2) is 89.4 Å². The molecule has 2 fully saturated rings. The van der Waals surface area contributed by atoms with Crippen molar-refractivity contribution in [2.45, 2.75) is 51.1 Å². The maximum Gasteiger partial charge on any atom is 0.255 e. The van der Waals surface area contributed by atoms with Crippen LogP contribution in [0.4, 0.5) is 5.69 Å². The fourth-order valence-corrected chi connectivity index (χ4v) is 9.43. The highest BCUT2D eigenvalue weighted by atomic mass is 79.9. The van der Waals surface area contributed by atoms with Gasteiger partial charge in [-0.1, -0.05) is 40.2 Å². The SMILES string of the molecule is O=C1CCC(N2Cc3cc(NCCCN4CCCN(CCCc5ccc(Oc6c(-c7ccc(Br)cc7)sc7cc(O)ccc67)cc5)CC4)ccc3C2=O)C(=O)N1. The number of ether oxygens (including phenoxy) is 1. The highest BCUT2D eigenvalue weighted by molar-refractivity contribution is 9.10. The van der Waals surface area contributed by atoms with Crippen LogP contribution in [0.1, 0.15) is 53.6 Å². The first-order valence-electron chi connectivity index (χ1n) is 19.5. The standard InChI is InChI=1S/C44H46BrN5O5S/c45-32-9-7-30(8-10-32)42-41(37-16-12-34(51)27-39(37)56-42)55-35-13-5-29(6-14-35)4-1-20-48-22-3-23-49(25-24-48)21-2-19-46-33-11-15-36-31(26-33)28-50(44(36)54)38-17-18-40(52)47-43(38)53/h5-16,26-27,38,46,51H,1-4,17-25,28H2,(H,47,52,53). The third-order valence-electron chi connectivity index (χ3n) is 11.0. The lowest BCUT2D eigenvalue weighted by atomic mass is 10.0. The van der Waals surface area contributed by atoms with E-state index < -0.39 is 6.04 Å². The number of phenolic OH excluding ortho intramolecular Hbond substituents is 1. The number of aromatic hydroxyl groups is 1. The van der Waals surface area contributed by atoms with Crippen LogP contribution in [0.25, 0.3) is 20.5 Å². The number of carbonyl (C=O) groups is 3. The number of phenols is 1. The van der Waals surface area contributed by atoms with Crippen LogP contribution in [0.3, 0.4) is 0 Å². The zero-order valence-corrected chi connectivity index (χ0v) is 33.7. The summed E-state index contributed by atoms with van der Waals surface area (Å²) in [5, 5.41) is 17.0. The zero-order chi connectivity index (χ0) is 38.6. The molecule has 10 nitrogen and oxygen atoms in total. The van der Waals surface area contributed by atoms with Crippen molar-refractivity contribution >= 4 is 60.8 Å². The first kappa shape index (κ1) is 38.1. The molecule has 4 heterocycles. The Morgan fingerprint density at radius 2 is 1.64 bits per heavy atom. The lowest BCUT2D eigenvalue weighted by Crippen LogP contribution is -2.52. The van der Waals surface area contributed by atoms with Crippen LogP contribution >= 0.6 is 27.3 Å². The number of amides is 3. The maximum absolute atomic E-state index is 13.0. The van der Waals surface area contributed by atoms with Gasteiger partial charge in [0.25, 0.3) is 5.91 Å².